The lowest BCUT2D eigenvalue weighted by atomic mass is 9.86. The van der Waals surface area contributed by atoms with Crippen molar-refractivity contribution >= 4 is 6.21 Å². The van der Waals surface area contributed by atoms with Crippen LogP contribution in [0, 0.1) is 0 Å². The third-order valence-electron chi connectivity index (χ3n) is 2.57. The second-order valence-electron chi connectivity index (χ2n) is 3.70. The molecule has 1 rings (SSSR count). The van der Waals surface area contributed by atoms with E-state index in [1.54, 1.807) is 11.1 Å². The first-order valence-corrected chi connectivity index (χ1v) is 4.89. The predicted molar refractivity (Wildman–Crippen MR) is 54.8 cm³/mol. The quantitative estimate of drug-likeness (QED) is 0.449. The Hall–Kier alpha value is -0.590. The number of nitrogens with zero attached hydrogens (tertiary/aromatic N) is 1. The van der Waals surface area contributed by atoms with E-state index in [0.717, 1.165) is 6.42 Å². The van der Waals surface area contributed by atoms with Gasteiger partial charge in [0.1, 0.15) is 0 Å². The van der Waals surface area contributed by atoms with Gasteiger partial charge < -0.3 is 0 Å². The minimum atomic E-state index is 0.475. The standard InChI is InChI=1S/C11H19N/c1-4-12-10(3)8-9(2)11-6-5-7-11/h4,10H,5-8H2,1-3H3/b12-4+. The zero-order valence-corrected chi connectivity index (χ0v) is 8.43. The highest BCUT2D eigenvalue weighted by atomic mass is 14.7. The molecule has 0 aromatic carbocycles. The molecule has 1 unspecified atom stereocenters. The van der Waals surface area contributed by atoms with Crippen molar-refractivity contribution in [1.29, 1.82) is 0 Å². The van der Waals surface area contributed by atoms with Crippen molar-refractivity contribution in [2.45, 2.75) is 52.5 Å². The number of hydrogen-bond donors (Lipinski definition) is 0. The van der Waals surface area contributed by atoms with Crippen LogP contribution in [0.25, 0.3) is 0 Å². The van der Waals surface area contributed by atoms with Gasteiger partial charge in [-0.3, -0.25) is 4.99 Å². The van der Waals surface area contributed by atoms with Crippen molar-refractivity contribution in [1.82, 2.24) is 0 Å². The molecule has 12 heavy (non-hydrogen) atoms. The third kappa shape index (κ3) is 2.47. The van der Waals surface area contributed by atoms with Gasteiger partial charge in [-0.15, -0.1) is 0 Å². The van der Waals surface area contributed by atoms with Gasteiger partial charge >= 0.3 is 0 Å². The maximum atomic E-state index is 4.35. The van der Waals surface area contributed by atoms with Crippen molar-refractivity contribution in [2.75, 3.05) is 0 Å². The lowest BCUT2D eigenvalue weighted by molar-refractivity contribution is 0.627. The van der Waals surface area contributed by atoms with E-state index in [1.165, 1.54) is 19.3 Å². The van der Waals surface area contributed by atoms with E-state index in [-0.39, 0.29) is 0 Å². The molecule has 0 radical (unpaired) electrons. The monoisotopic (exact) mass is 165 g/mol. The molecule has 0 aromatic heterocycles. The maximum Gasteiger partial charge on any atom is 0.0504 e. The average molecular weight is 165 g/mol. The van der Waals surface area contributed by atoms with Gasteiger partial charge in [0.15, 0.2) is 0 Å². The molecule has 1 saturated carbocycles. The number of rotatable bonds is 3. The van der Waals surface area contributed by atoms with Crippen molar-refractivity contribution in [2.24, 2.45) is 4.99 Å². The molecule has 1 heteroatoms. The Morgan fingerprint density at radius 2 is 2.25 bits per heavy atom. The van der Waals surface area contributed by atoms with Crippen LogP contribution in [0.4, 0.5) is 0 Å². The largest absolute Gasteiger partial charge is 0.294 e. The second kappa shape index (κ2) is 4.44. The van der Waals surface area contributed by atoms with Gasteiger partial charge in [-0.1, -0.05) is 11.1 Å². The Morgan fingerprint density at radius 1 is 1.58 bits per heavy atom. The molecule has 0 saturated heterocycles. The lowest BCUT2D eigenvalue weighted by Gasteiger charge is -2.21. The summed E-state index contributed by atoms with van der Waals surface area (Å²) in [4.78, 5) is 4.35. The van der Waals surface area contributed by atoms with Crippen molar-refractivity contribution in [3.63, 3.8) is 0 Å². The van der Waals surface area contributed by atoms with Crippen LogP contribution in [0.2, 0.25) is 0 Å². The second-order valence-corrected chi connectivity index (χ2v) is 3.70. The van der Waals surface area contributed by atoms with E-state index >= 15 is 0 Å². The minimum Gasteiger partial charge on any atom is -0.294 e. The van der Waals surface area contributed by atoms with Crippen LogP contribution in [0.3, 0.4) is 0 Å². The molecule has 1 aliphatic carbocycles. The summed E-state index contributed by atoms with van der Waals surface area (Å²) >= 11 is 0. The Kier molecular flexibility index (Phi) is 3.51. The van der Waals surface area contributed by atoms with Gasteiger partial charge in [0.25, 0.3) is 0 Å². The van der Waals surface area contributed by atoms with Gasteiger partial charge in [-0.05, 0) is 52.7 Å². The Balaban J connectivity index is 2.39. The summed E-state index contributed by atoms with van der Waals surface area (Å²) < 4.78 is 0. The number of hydrogen-bond acceptors (Lipinski definition) is 1. The highest BCUT2D eigenvalue weighted by molar-refractivity contribution is 5.53. The molecular formula is C11H19N. The summed E-state index contributed by atoms with van der Waals surface area (Å²) in [5.41, 5.74) is 3.27. The van der Waals surface area contributed by atoms with E-state index in [2.05, 4.69) is 18.8 Å². The molecule has 0 amide bonds. The lowest BCUT2D eigenvalue weighted by Crippen LogP contribution is -2.05. The van der Waals surface area contributed by atoms with Crippen LogP contribution in [0.1, 0.15) is 46.5 Å². The molecule has 1 fully saturated rings. The van der Waals surface area contributed by atoms with Gasteiger partial charge in [-0.25, -0.2) is 0 Å². The van der Waals surface area contributed by atoms with E-state index in [1.807, 2.05) is 13.1 Å². The molecule has 1 atom stereocenters. The molecule has 0 spiro atoms. The number of allylic oxidation sites excluding steroid dienone is 1. The molecule has 0 aromatic rings. The fourth-order valence-electron chi connectivity index (χ4n) is 1.67. The van der Waals surface area contributed by atoms with Crippen molar-refractivity contribution in [3.05, 3.63) is 11.1 Å². The van der Waals surface area contributed by atoms with Crippen LogP contribution in [0.5, 0.6) is 0 Å². The molecule has 1 nitrogen and oxygen atoms in total. The topological polar surface area (TPSA) is 12.4 Å². The first kappa shape index (κ1) is 9.50. The van der Waals surface area contributed by atoms with Crippen LogP contribution in [-0.2, 0) is 0 Å². The Bertz CT molecular complexity index is 195. The van der Waals surface area contributed by atoms with Crippen molar-refractivity contribution in [3.8, 4) is 0 Å². The summed E-state index contributed by atoms with van der Waals surface area (Å²) in [5.74, 6) is 0. The Labute approximate surface area is 75.6 Å². The molecule has 0 N–H and O–H groups in total. The van der Waals surface area contributed by atoms with Gasteiger partial charge in [-0.2, -0.15) is 0 Å². The molecular weight excluding hydrogens is 146 g/mol. The van der Waals surface area contributed by atoms with E-state index in [0.29, 0.717) is 6.04 Å². The Morgan fingerprint density at radius 3 is 2.67 bits per heavy atom. The van der Waals surface area contributed by atoms with Crippen molar-refractivity contribution < 1.29 is 0 Å². The summed E-state index contributed by atoms with van der Waals surface area (Å²) in [5, 5.41) is 0. The first-order chi connectivity index (χ1) is 5.74. The molecule has 1 aliphatic rings. The van der Waals surface area contributed by atoms with Crippen LogP contribution in [0.15, 0.2) is 16.1 Å². The minimum absolute atomic E-state index is 0.475. The predicted octanol–water partition coefficient (Wildman–Crippen LogP) is 3.36. The molecule has 68 valence electrons. The molecule has 0 aliphatic heterocycles. The number of aliphatic imine (C=N–C) groups is 1. The highest BCUT2D eigenvalue weighted by Gasteiger charge is 2.12. The van der Waals surface area contributed by atoms with Gasteiger partial charge in [0.2, 0.25) is 0 Å². The maximum absolute atomic E-state index is 4.35. The summed E-state index contributed by atoms with van der Waals surface area (Å²) in [7, 11) is 0. The fraction of sp³-hybridized carbons (Fsp3) is 0.727. The summed E-state index contributed by atoms with van der Waals surface area (Å²) in [6.45, 7) is 6.43. The van der Waals surface area contributed by atoms with E-state index < -0.39 is 0 Å². The molecule has 0 heterocycles. The average Bonchev–Trinajstić information content (AvgIpc) is 1.82. The van der Waals surface area contributed by atoms with Crippen LogP contribution < -0.4 is 0 Å². The SMILES string of the molecule is C/C=N/C(C)CC(C)=C1CCC1. The third-order valence-corrected chi connectivity index (χ3v) is 2.57. The first-order valence-electron chi connectivity index (χ1n) is 4.89. The fourth-order valence-corrected chi connectivity index (χ4v) is 1.67. The molecule has 0 bridgehead atoms. The van der Waals surface area contributed by atoms with Crippen LogP contribution in [-0.4, -0.2) is 12.3 Å². The van der Waals surface area contributed by atoms with Crippen LogP contribution >= 0.6 is 0 Å². The van der Waals surface area contributed by atoms with Gasteiger partial charge in [0.05, 0.1) is 6.04 Å². The zero-order chi connectivity index (χ0) is 8.97. The highest BCUT2D eigenvalue weighted by Crippen LogP contribution is 2.30. The van der Waals surface area contributed by atoms with E-state index in [9.17, 15) is 0 Å². The zero-order valence-electron chi connectivity index (χ0n) is 8.43. The summed E-state index contributed by atoms with van der Waals surface area (Å²) in [6, 6.07) is 0.475. The smallest absolute Gasteiger partial charge is 0.0504 e. The normalized spacial score (nSPS) is 19.4. The summed E-state index contributed by atoms with van der Waals surface area (Å²) in [6.07, 6.45) is 7.14. The van der Waals surface area contributed by atoms with E-state index in [4.69, 9.17) is 0 Å². The van der Waals surface area contributed by atoms with Gasteiger partial charge in [0, 0.05) is 0 Å².